The summed E-state index contributed by atoms with van der Waals surface area (Å²) in [4.78, 5) is 14.3. The lowest BCUT2D eigenvalue weighted by atomic mass is 10.1. The van der Waals surface area contributed by atoms with E-state index in [-0.39, 0.29) is 6.09 Å². The summed E-state index contributed by atoms with van der Waals surface area (Å²) in [5.74, 6) is 0.345. The molecule has 1 N–H and O–H groups in total. The number of ether oxygens (including phenoxy) is 1. The second-order valence-corrected chi connectivity index (χ2v) is 8.24. The predicted octanol–water partition coefficient (Wildman–Crippen LogP) is 4.11. The van der Waals surface area contributed by atoms with Crippen LogP contribution >= 0.6 is 0 Å². The Labute approximate surface area is 162 Å². The maximum Gasteiger partial charge on any atom is 0.414 e. The summed E-state index contributed by atoms with van der Waals surface area (Å²) in [5, 5.41) is 7.74. The van der Waals surface area contributed by atoms with Crippen molar-refractivity contribution < 1.29 is 9.53 Å². The fourth-order valence-electron chi connectivity index (χ4n) is 2.65. The smallest absolute Gasteiger partial charge is 0.414 e. The van der Waals surface area contributed by atoms with Crippen LogP contribution in [0.5, 0.6) is 0 Å². The van der Waals surface area contributed by atoms with Crippen molar-refractivity contribution in [3.63, 3.8) is 0 Å². The molecule has 6 nitrogen and oxygen atoms in total. The number of hydrogen-bond donors (Lipinski definition) is 1. The van der Waals surface area contributed by atoms with Crippen LogP contribution in [0.25, 0.3) is 0 Å². The van der Waals surface area contributed by atoms with Gasteiger partial charge in [0.1, 0.15) is 5.60 Å². The van der Waals surface area contributed by atoms with Crippen LogP contribution < -0.4 is 10.2 Å². The minimum absolute atomic E-state index is 0.308. The van der Waals surface area contributed by atoms with Gasteiger partial charge in [-0.1, -0.05) is 26.0 Å². The molecule has 0 atom stereocenters. The molecule has 0 bridgehead atoms. The first kappa shape index (κ1) is 21.0. The summed E-state index contributed by atoms with van der Waals surface area (Å²) in [6, 6.07) is 10.0. The number of rotatable bonds is 7. The van der Waals surface area contributed by atoms with Crippen molar-refractivity contribution in [2.75, 3.05) is 11.4 Å². The molecule has 148 valence electrons. The number of carbonyl (C=O) groups excluding carboxylic acids is 1. The Balaban J connectivity index is 1.99. The van der Waals surface area contributed by atoms with Gasteiger partial charge < -0.3 is 10.1 Å². The van der Waals surface area contributed by atoms with E-state index in [1.807, 2.05) is 64.3 Å². The van der Waals surface area contributed by atoms with Crippen molar-refractivity contribution in [1.29, 1.82) is 0 Å². The fraction of sp³-hybridized carbons (Fsp3) is 0.524. The molecular weight excluding hydrogens is 340 g/mol. The van der Waals surface area contributed by atoms with Crippen LogP contribution in [0.3, 0.4) is 0 Å². The Morgan fingerprint density at radius 1 is 1.19 bits per heavy atom. The van der Waals surface area contributed by atoms with E-state index in [1.54, 1.807) is 9.58 Å². The topological polar surface area (TPSA) is 59.4 Å². The number of anilines is 1. The minimum atomic E-state index is -0.512. The van der Waals surface area contributed by atoms with Gasteiger partial charge in [0.25, 0.3) is 0 Å². The lowest BCUT2D eigenvalue weighted by molar-refractivity contribution is 0.0576. The Morgan fingerprint density at radius 3 is 2.37 bits per heavy atom. The highest BCUT2D eigenvalue weighted by Gasteiger charge is 2.24. The van der Waals surface area contributed by atoms with E-state index < -0.39 is 5.60 Å². The summed E-state index contributed by atoms with van der Waals surface area (Å²) in [5.41, 5.74) is 2.51. The van der Waals surface area contributed by atoms with Gasteiger partial charge in [0.05, 0.1) is 5.69 Å². The van der Waals surface area contributed by atoms with E-state index in [0.717, 1.165) is 30.0 Å². The number of nitrogens with zero attached hydrogens (tertiary/aromatic N) is 3. The van der Waals surface area contributed by atoms with Gasteiger partial charge in [0, 0.05) is 38.6 Å². The lowest BCUT2D eigenvalue weighted by Crippen LogP contribution is -2.39. The van der Waals surface area contributed by atoms with Crippen LogP contribution in [0.2, 0.25) is 0 Å². The maximum atomic E-state index is 12.6. The van der Waals surface area contributed by atoms with Gasteiger partial charge in [-0.15, -0.1) is 0 Å². The number of benzene rings is 1. The van der Waals surface area contributed by atoms with Crippen LogP contribution in [0, 0.1) is 5.92 Å². The van der Waals surface area contributed by atoms with E-state index in [2.05, 4.69) is 24.3 Å². The van der Waals surface area contributed by atoms with Gasteiger partial charge in [-0.05, 0) is 50.5 Å². The standard InChI is InChI=1S/C21H32N4O2/c1-16(2)15-25(20(26)27-21(3,4)5)19-9-7-17(8-10-19)13-22-14-18-11-12-24(6)23-18/h7-12,16,22H,13-15H2,1-6H3. The number of aromatic nitrogens is 2. The van der Waals surface area contributed by atoms with Crippen LogP contribution in [-0.4, -0.2) is 28.0 Å². The molecule has 0 saturated heterocycles. The molecular formula is C21H32N4O2. The number of nitrogens with one attached hydrogen (secondary N) is 1. The third-order valence-corrected chi connectivity index (χ3v) is 3.81. The summed E-state index contributed by atoms with van der Waals surface area (Å²) < 4.78 is 7.36. The molecule has 27 heavy (non-hydrogen) atoms. The van der Waals surface area contributed by atoms with Crippen molar-refractivity contribution in [3.05, 3.63) is 47.8 Å². The molecule has 0 aliphatic heterocycles. The number of hydrogen-bond acceptors (Lipinski definition) is 4. The number of aryl methyl sites for hydroxylation is 1. The molecule has 0 aliphatic carbocycles. The summed E-state index contributed by atoms with van der Waals surface area (Å²) in [6.45, 7) is 11.9. The third-order valence-electron chi connectivity index (χ3n) is 3.81. The zero-order valence-corrected chi connectivity index (χ0v) is 17.3. The highest BCUT2D eigenvalue weighted by molar-refractivity contribution is 5.87. The molecule has 0 spiro atoms. The van der Waals surface area contributed by atoms with E-state index in [0.29, 0.717) is 12.5 Å². The van der Waals surface area contributed by atoms with Crippen LogP contribution in [0.1, 0.15) is 45.9 Å². The van der Waals surface area contributed by atoms with Crippen LogP contribution in [-0.2, 0) is 24.9 Å². The van der Waals surface area contributed by atoms with E-state index in [9.17, 15) is 4.79 Å². The first-order valence-electron chi connectivity index (χ1n) is 9.43. The highest BCUT2D eigenvalue weighted by Crippen LogP contribution is 2.20. The van der Waals surface area contributed by atoms with Crippen LogP contribution in [0.4, 0.5) is 10.5 Å². The molecule has 1 aromatic heterocycles. The molecule has 0 saturated carbocycles. The highest BCUT2D eigenvalue weighted by atomic mass is 16.6. The number of amides is 1. The molecule has 2 aromatic rings. The van der Waals surface area contributed by atoms with Crippen molar-refractivity contribution in [3.8, 4) is 0 Å². The van der Waals surface area contributed by atoms with Gasteiger partial charge in [0.2, 0.25) is 0 Å². The predicted molar refractivity (Wildman–Crippen MR) is 109 cm³/mol. The Hall–Kier alpha value is -2.34. The van der Waals surface area contributed by atoms with Gasteiger partial charge in [-0.25, -0.2) is 4.79 Å². The lowest BCUT2D eigenvalue weighted by Gasteiger charge is -2.28. The summed E-state index contributed by atoms with van der Waals surface area (Å²) in [7, 11) is 1.91. The second-order valence-electron chi connectivity index (χ2n) is 8.24. The molecule has 0 radical (unpaired) electrons. The monoisotopic (exact) mass is 372 g/mol. The largest absolute Gasteiger partial charge is 0.443 e. The molecule has 0 aliphatic rings. The summed E-state index contributed by atoms with van der Waals surface area (Å²) in [6.07, 6.45) is 1.63. The van der Waals surface area contributed by atoms with Gasteiger partial charge in [-0.3, -0.25) is 9.58 Å². The Morgan fingerprint density at radius 2 is 1.85 bits per heavy atom. The maximum absolute atomic E-state index is 12.6. The first-order chi connectivity index (χ1) is 12.6. The van der Waals surface area contributed by atoms with Gasteiger partial charge in [-0.2, -0.15) is 5.10 Å². The van der Waals surface area contributed by atoms with E-state index in [1.165, 1.54) is 0 Å². The first-order valence-corrected chi connectivity index (χ1v) is 9.43. The van der Waals surface area contributed by atoms with Gasteiger partial charge >= 0.3 is 6.09 Å². The summed E-state index contributed by atoms with van der Waals surface area (Å²) >= 11 is 0. The minimum Gasteiger partial charge on any atom is -0.443 e. The van der Waals surface area contributed by atoms with Crippen molar-refractivity contribution in [2.24, 2.45) is 13.0 Å². The van der Waals surface area contributed by atoms with Crippen molar-refractivity contribution >= 4 is 11.8 Å². The molecule has 6 heteroatoms. The Bertz CT molecular complexity index is 729. The molecule has 0 unspecified atom stereocenters. The normalized spacial score (nSPS) is 11.7. The SMILES string of the molecule is CC(C)CN(C(=O)OC(C)(C)C)c1ccc(CNCc2ccn(C)n2)cc1. The van der Waals surface area contributed by atoms with Gasteiger partial charge in [0.15, 0.2) is 0 Å². The van der Waals surface area contributed by atoms with E-state index in [4.69, 9.17) is 4.74 Å². The average Bonchev–Trinajstić information content (AvgIpc) is 2.97. The third kappa shape index (κ3) is 7.06. The quantitative estimate of drug-likeness (QED) is 0.795. The Kier molecular flexibility index (Phi) is 7.02. The second kappa shape index (κ2) is 9.04. The zero-order valence-electron chi connectivity index (χ0n) is 17.3. The van der Waals surface area contributed by atoms with E-state index >= 15 is 0 Å². The van der Waals surface area contributed by atoms with Crippen molar-refractivity contribution in [2.45, 2.75) is 53.3 Å². The fourth-order valence-corrected chi connectivity index (χ4v) is 2.65. The molecule has 0 fully saturated rings. The van der Waals surface area contributed by atoms with Crippen molar-refractivity contribution in [1.82, 2.24) is 15.1 Å². The molecule has 1 amide bonds. The molecule has 2 rings (SSSR count). The average molecular weight is 373 g/mol. The van der Waals surface area contributed by atoms with Crippen LogP contribution in [0.15, 0.2) is 36.5 Å². The zero-order chi connectivity index (χ0) is 20.0. The molecule has 1 heterocycles. The number of carbonyl (C=O) groups is 1. The molecule has 1 aromatic carbocycles.